The van der Waals surface area contributed by atoms with E-state index in [-0.39, 0.29) is 16.0 Å². The summed E-state index contributed by atoms with van der Waals surface area (Å²) in [6.07, 6.45) is 2.25. The molecule has 6 heteroatoms. The lowest BCUT2D eigenvalue weighted by atomic mass is 9.83. The number of nitro benzene ring substituents is 1. The molecule has 0 bridgehead atoms. The zero-order chi connectivity index (χ0) is 14.6. The number of rotatable bonds is 5. The zero-order valence-electron chi connectivity index (χ0n) is 11.9. The first-order valence-corrected chi connectivity index (χ1v) is 6.81. The van der Waals surface area contributed by atoms with Gasteiger partial charge in [0.05, 0.1) is 12.0 Å². The predicted octanol–water partition coefficient (Wildman–Crippen LogP) is 2.41. The molecule has 1 heterocycles. The van der Waals surface area contributed by atoms with Crippen LogP contribution in [0.3, 0.4) is 0 Å². The molecule has 1 aliphatic rings. The molecule has 1 saturated heterocycles. The number of piperidine rings is 1. The van der Waals surface area contributed by atoms with Crippen LogP contribution in [0.4, 0.5) is 11.4 Å². The highest BCUT2D eigenvalue weighted by atomic mass is 16.6. The van der Waals surface area contributed by atoms with E-state index >= 15 is 0 Å². The molecule has 1 aromatic rings. The summed E-state index contributed by atoms with van der Waals surface area (Å²) < 4.78 is 5.13. The SMILES string of the molecule is COc1ccc([N+](=O)[O-])c(NCC2(C)CCCNC2)c1. The van der Waals surface area contributed by atoms with Crippen molar-refractivity contribution in [2.45, 2.75) is 19.8 Å². The van der Waals surface area contributed by atoms with Gasteiger partial charge >= 0.3 is 0 Å². The van der Waals surface area contributed by atoms with Crippen molar-refractivity contribution < 1.29 is 9.66 Å². The van der Waals surface area contributed by atoms with Crippen LogP contribution in [0.5, 0.6) is 5.75 Å². The number of hydrogen-bond acceptors (Lipinski definition) is 5. The molecule has 110 valence electrons. The summed E-state index contributed by atoms with van der Waals surface area (Å²) in [5.41, 5.74) is 0.717. The number of ether oxygens (including phenoxy) is 1. The fraction of sp³-hybridized carbons (Fsp3) is 0.571. The fourth-order valence-corrected chi connectivity index (χ4v) is 2.52. The Hall–Kier alpha value is -1.82. The molecular formula is C14H21N3O3. The minimum Gasteiger partial charge on any atom is -0.497 e. The maximum atomic E-state index is 11.1. The number of benzene rings is 1. The van der Waals surface area contributed by atoms with Crippen LogP contribution in [0.1, 0.15) is 19.8 Å². The lowest BCUT2D eigenvalue weighted by Crippen LogP contribution is -2.42. The van der Waals surface area contributed by atoms with Crippen molar-refractivity contribution in [2.24, 2.45) is 5.41 Å². The second-order valence-corrected chi connectivity index (χ2v) is 5.58. The van der Waals surface area contributed by atoms with Crippen molar-refractivity contribution in [1.29, 1.82) is 0 Å². The molecular weight excluding hydrogens is 258 g/mol. The van der Waals surface area contributed by atoms with Gasteiger partial charge in [-0.05, 0) is 30.9 Å². The van der Waals surface area contributed by atoms with Gasteiger partial charge in [0.15, 0.2) is 0 Å². The van der Waals surface area contributed by atoms with Crippen molar-refractivity contribution in [1.82, 2.24) is 5.32 Å². The highest BCUT2D eigenvalue weighted by Gasteiger charge is 2.27. The van der Waals surface area contributed by atoms with Crippen LogP contribution in [0.2, 0.25) is 0 Å². The largest absolute Gasteiger partial charge is 0.497 e. The number of methoxy groups -OCH3 is 1. The van der Waals surface area contributed by atoms with Crippen molar-refractivity contribution in [3.63, 3.8) is 0 Å². The van der Waals surface area contributed by atoms with Crippen LogP contribution in [0, 0.1) is 15.5 Å². The van der Waals surface area contributed by atoms with Gasteiger partial charge in [-0.3, -0.25) is 10.1 Å². The van der Waals surface area contributed by atoms with Gasteiger partial charge in [0, 0.05) is 25.2 Å². The fourth-order valence-electron chi connectivity index (χ4n) is 2.52. The Balaban J connectivity index is 2.12. The van der Waals surface area contributed by atoms with Crippen LogP contribution >= 0.6 is 0 Å². The van der Waals surface area contributed by atoms with Crippen LogP contribution < -0.4 is 15.4 Å². The highest BCUT2D eigenvalue weighted by Crippen LogP contribution is 2.31. The molecule has 0 radical (unpaired) electrons. The smallest absolute Gasteiger partial charge is 0.292 e. The maximum absolute atomic E-state index is 11.1. The zero-order valence-corrected chi connectivity index (χ0v) is 11.9. The van der Waals surface area contributed by atoms with Crippen LogP contribution in [0.25, 0.3) is 0 Å². The molecule has 1 aromatic carbocycles. The van der Waals surface area contributed by atoms with Crippen molar-refractivity contribution in [3.8, 4) is 5.75 Å². The Labute approximate surface area is 118 Å². The Morgan fingerprint density at radius 1 is 1.55 bits per heavy atom. The van der Waals surface area contributed by atoms with Gasteiger partial charge in [-0.1, -0.05) is 6.92 Å². The van der Waals surface area contributed by atoms with Gasteiger partial charge < -0.3 is 15.4 Å². The van der Waals surface area contributed by atoms with E-state index in [4.69, 9.17) is 4.74 Å². The molecule has 1 aliphatic heterocycles. The van der Waals surface area contributed by atoms with E-state index < -0.39 is 0 Å². The third kappa shape index (κ3) is 3.39. The molecule has 0 spiro atoms. The summed E-state index contributed by atoms with van der Waals surface area (Å²) in [6, 6.07) is 4.76. The third-order valence-electron chi connectivity index (χ3n) is 3.79. The molecule has 0 aromatic heterocycles. The van der Waals surface area contributed by atoms with E-state index in [9.17, 15) is 10.1 Å². The molecule has 6 nitrogen and oxygen atoms in total. The van der Waals surface area contributed by atoms with E-state index in [1.54, 1.807) is 19.2 Å². The second kappa shape index (κ2) is 6.09. The Morgan fingerprint density at radius 2 is 2.35 bits per heavy atom. The molecule has 20 heavy (non-hydrogen) atoms. The number of nitrogens with zero attached hydrogens (tertiary/aromatic N) is 1. The molecule has 0 saturated carbocycles. The summed E-state index contributed by atoms with van der Waals surface area (Å²) in [5.74, 6) is 0.616. The van der Waals surface area contributed by atoms with E-state index in [1.165, 1.54) is 6.07 Å². The van der Waals surface area contributed by atoms with Gasteiger partial charge in [0.2, 0.25) is 0 Å². The lowest BCUT2D eigenvalue weighted by molar-refractivity contribution is -0.384. The summed E-state index contributed by atoms with van der Waals surface area (Å²) in [6.45, 7) is 4.87. The highest BCUT2D eigenvalue weighted by molar-refractivity contribution is 5.64. The number of nitrogens with one attached hydrogen (secondary N) is 2. The summed E-state index contributed by atoms with van der Waals surface area (Å²) >= 11 is 0. The number of hydrogen-bond donors (Lipinski definition) is 2. The third-order valence-corrected chi connectivity index (χ3v) is 3.79. The minimum atomic E-state index is -0.372. The van der Waals surface area contributed by atoms with Gasteiger partial charge in [0.1, 0.15) is 11.4 Å². The first-order chi connectivity index (χ1) is 9.54. The molecule has 1 atom stereocenters. The maximum Gasteiger partial charge on any atom is 0.292 e. The van der Waals surface area contributed by atoms with Gasteiger partial charge in [-0.25, -0.2) is 0 Å². The van der Waals surface area contributed by atoms with Crippen molar-refractivity contribution >= 4 is 11.4 Å². The van der Waals surface area contributed by atoms with Crippen molar-refractivity contribution in [3.05, 3.63) is 28.3 Å². The molecule has 1 unspecified atom stereocenters. The van der Waals surface area contributed by atoms with E-state index in [1.807, 2.05) is 0 Å². The lowest BCUT2D eigenvalue weighted by Gasteiger charge is -2.34. The monoisotopic (exact) mass is 279 g/mol. The Bertz CT molecular complexity index is 485. The molecule has 1 fully saturated rings. The average Bonchev–Trinajstić information content (AvgIpc) is 2.45. The van der Waals surface area contributed by atoms with E-state index in [0.717, 1.165) is 25.9 Å². The molecule has 0 amide bonds. The minimum absolute atomic E-state index is 0.0816. The molecule has 2 N–H and O–H groups in total. The number of nitro groups is 1. The Kier molecular flexibility index (Phi) is 4.44. The topological polar surface area (TPSA) is 76.4 Å². The van der Waals surface area contributed by atoms with Crippen LogP contribution in [0.15, 0.2) is 18.2 Å². The van der Waals surface area contributed by atoms with Crippen molar-refractivity contribution in [2.75, 3.05) is 32.1 Å². The summed E-state index contributed by atoms with van der Waals surface area (Å²) in [7, 11) is 1.55. The predicted molar refractivity (Wildman–Crippen MR) is 78.3 cm³/mol. The van der Waals surface area contributed by atoms with E-state index in [2.05, 4.69) is 17.6 Å². The first-order valence-electron chi connectivity index (χ1n) is 6.81. The quantitative estimate of drug-likeness (QED) is 0.639. The van der Waals surface area contributed by atoms with Crippen LogP contribution in [-0.4, -0.2) is 31.7 Å². The average molecular weight is 279 g/mol. The Morgan fingerprint density at radius 3 is 2.95 bits per heavy atom. The van der Waals surface area contributed by atoms with E-state index in [0.29, 0.717) is 18.0 Å². The van der Waals surface area contributed by atoms with Crippen LogP contribution in [-0.2, 0) is 0 Å². The summed E-state index contributed by atoms with van der Waals surface area (Å²) in [5, 5.41) is 17.7. The summed E-state index contributed by atoms with van der Waals surface area (Å²) in [4.78, 5) is 10.7. The van der Waals surface area contributed by atoms with Gasteiger partial charge in [-0.2, -0.15) is 0 Å². The molecule has 0 aliphatic carbocycles. The molecule has 2 rings (SSSR count). The first kappa shape index (κ1) is 14.6. The van der Waals surface area contributed by atoms with Gasteiger partial charge in [0.25, 0.3) is 5.69 Å². The number of anilines is 1. The van der Waals surface area contributed by atoms with Gasteiger partial charge in [-0.15, -0.1) is 0 Å². The normalized spacial score (nSPS) is 22.3. The standard InChI is InChI=1S/C14H21N3O3/c1-14(6-3-7-15-9-14)10-16-12-8-11(20-2)4-5-13(12)17(18)19/h4-5,8,15-16H,3,6-7,9-10H2,1-2H3. The second-order valence-electron chi connectivity index (χ2n) is 5.58.